The second kappa shape index (κ2) is 7.17. The molecule has 1 saturated carbocycles. The van der Waals surface area contributed by atoms with Gasteiger partial charge in [-0.25, -0.2) is 4.39 Å². The predicted octanol–water partition coefficient (Wildman–Crippen LogP) is 3.78. The molecule has 0 bridgehead atoms. The van der Waals surface area contributed by atoms with Crippen LogP contribution in [0, 0.1) is 15.9 Å². The van der Waals surface area contributed by atoms with Crippen molar-refractivity contribution in [2.75, 3.05) is 25.5 Å². The smallest absolute Gasteiger partial charge is 0.293 e. The van der Waals surface area contributed by atoms with Gasteiger partial charge in [-0.3, -0.25) is 10.1 Å². The zero-order valence-electron chi connectivity index (χ0n) is 11.9. The fourth-order valence-corrected chi connectivity index (χ4v) is 3.05. The first-order chi connectivity index (χ1) is 9.99. The standard InChI is InChI=1S/C14H19BrFN3O2/c1-18(10-4-2-3-5-10)7-6-17-13-9-12(16)11(15)8-14(13)19(20)21/h8-10,17H,2-7H2,1H3. The maximum atomic E-state index is 13.5. The van der Waals surface area contributed by atoms with Crippen molar-refractivity contribution in [3.8, 4) is 0 Å². The van der Waals surface area contributed by atoms with Gasteiger partial charge in [0.2, 0.25) is 0 Å². The lowest BCUT2D eigenvalue weighted by atomic mass is 10.2. The Balaban J connectivity index is 1.96. The summed E-state index contributed by atoms with van der Waals surface area (Å²) in [6, 6.07) is 2.96. The van der Waals surface area contributed by atoms with Crippen LogP contribution in [0.2, 0.25) is 0 Å². The van der Waals surface area contributed by atoms with Crippen molar-refractivity contribution in [1.82, 2.24) is 4.90 Å². The van der Waals surface area contributed by atoms with Crippen molar-refractivity contribution in [3.63, 3.8) is 0 Å². The van der Waals surface area contributed by atoms with Gasteiger partial charge in [0.15, 0.2) is 0 Å². The second-order valence-electron chi connectivity index (χ2n) is 5.39. The first-order valence-electron chi connectivity index (χ1n) is 7.06. The van der Waals surface area contributed by atoms with Gasteiger partial charge >= 0.3 is 0 Å². The third-order valence-corrected chi connectivity index (χ3v) is 4.57. The van der Waals surface area contributed by atoms with Crippen molar-refractivity contribution in [2.45, 2.75) is 31.7 Å². The van der Waals surface area contributed by atoms with E-state index in [0.717, 1.165) is 12.6 Å². The van der Waals surface area contributed by atoms with E-state index in [9.17, 15) is 14.5 Å². The minimum atomic E-state index is -0.507. The highest BCUT2D eigenvalue weighted by Gasteiger charge is 2.20. The first-order valence-corrected chi connectivity index (χ1v) is 7.86. The molecular formula is C14H19BrFN3O2. The van der Waals surface area contributed by atoms with Gasteiger partial charge in [-0.15, -0.1) is 0 Å². The Morgan fingerprint density at radius 3 is 2.76 bits per heavy atom. The normalized spacial score (nSPS) is 15.6. The largest absolute Gasteiger partial charge is 0.378 e. The molecule has 1 N–H and O–H groups in total. The highest BCUT2D eigenvalue weighted by atomic mass is 79.9. The number of rotatable bonds is 6. The number of nitro groups is 1. The Morgan fingerprint density at radius 1 is 1.48 bits per heavy atom. The third kappa shape index (κ3) is 4.14. The molecule has 2 rings (SSSR count). The number of benzene rings is 1. The van der Waals surface area contributed by atoms with Gasteiger partial charge in [0.25, 0.3) is 5.69 Å². The maximum absolute atomic E-state index is 13.5. The van der Waals surface area contributed by atoms with Crippen LogP contribution in [0.25, 0.3) is 0 Å². The number of nitro benzene ring substituents is 1. The number of hydrogen-bond acceptors (Lipinski definition) is 4. The lowest BCUT2D eigenvalue weighted by molar-refractivity contribution is -0.384. The summed E-state index contributed by atoms with van der Waals surface area (Å²) in [6.45, 7) is 1.33. The van der Waals surface area contributed by atoms with Gasteiger partial charge in [0, 0.05) is 31.3 Å². The van der Waals surface area contributed by atoms with Gasteiger partial charge < -0.3 is 10.2 Å². The van der Waals surface area contributed by atoms with E-state index in [0.29, 0.717) is 12.6 Å². The van der Waals surface area contributed by atoms with Crippen LogP contribution in [0.15, 0.2) is 16.6 Å². The van der Waals surface area contributed by atoms with E-state index in [1.54, 1.807) is 0 Å². The van der Waals surface area contributed by atoms with E-state index >= 15 is 0 Å². The summed E-state index contributed by atoms with van der Waals surface area (Å²) < 4.78 is 13.6. The van der Waals surface area contributed by atoms with Crippen LogP contribution >= 0.6 is 15.9 Å². The van der Waals surface area contributed by atoms with Crippen LogP contribution in [0.5, 0.6) is 0 Å². The summed E-state index contributed by atoms with van der Waals surface area (Å²) in [5.41, 5.74) is 0.104. The third-order valence-electron chi connectivity index (χ3n) is 3.96. The summed E-state index contributed by atoms with van der Waals surface area (Å²) in [5.74, 6) is -0.507. The molecule has 1 aromatic rings. The van der Waals surface area contributed by atoms with Crippen LogP contribution in [-0.4, -0.2) is 36.0 Å². The number of likely N-dealkylation sites (N-methyl/N-ethyl adjacent to an activating group) is 1. The molecule has 5 nitrogen and oxygen atoms in total. The average Bonchev–Trinajstić information content (AvgIpc) is 2.96. The van der Waals surface area contributed by atoms with Crippen molar-refractivity contribution in [2.24, 2.45) is 0 Å². The van der Waals surface area contributed by atoms with Gasteiger partial charge in [-0.1, -0.05) is 12.8 Å². The Kier molecular flexibility index (Phi) is 5.52. The highest BCUT2D eigenvalue weighted by molar-refractivity contribution is 9.10. The molecule has 0 saturated heterocycles. The number of hydrogen-bond donors (Lipinski definition) is 1. The van der Waals surface area contributed by atoms with Gasteiger partial charge in [-0.2, -0.15) is 0 Å². The molecule has 0 unspecified atom stereocenters. The van der Waals surface area contributed by atoms with Crippen LogP contribution in [0.3, 0.4) is 0 Å². The fourth-order valence-electron chi connectivity index (χ4n) is 2.72. The van der Waals surface area contributed by atoms with Gasteiger partial charge in [-0.05, 0) is 35.8 Å². The van der Waals surface area contributed by atoms with Crippen molar-refractivity contribution in [3.05, 3.63) is 32.5 Å². The fraction of sp³-hybridized carbons (Fsp3) is 0.571. The average molecular weight is 360 g/mol. The Hall–Kier alpha value is -1.21. The molecule has 1 aromatic carbocycles. The van der Waals surface area contributed by atoms with E-state index in [1.807, 2.05) is 0 Å². The second-order valence-corrected chi connectivity index (χ2v) is 6.24. The molecule has 1 fully saturated rings. The molecule has 0 amide bonds. The van der Waals surface area contributed by atoms with Crippen molar-refractivity contribution >= 4 is 27.3 Å². The molecule has 1 aliphatic carbocycles. The lowest BCUT2D eigenvalue weighted by Gasteiger charge is -2.24. The summed E-state index contributed by atoms with van der Waals surface area (Å²) in [6.07, 6.45) is 4.96. The molecule has 0 radical (unpaired) electrons. The molecule has 0 spiro atoms. The molecule has 7 heteroatoms. The van der Waals surface area contributed by atoms with E-state index in [1.165, 1.54) is 31.7 Å². The van der Waals surface area contributed by atoms with Crippen LogP contribution in [-0.2, 0) is 0 Å². The minimum Gasteiger partial charge on any atom is -0.378 e. The van der Waals surface area contributed by atoms with Crippen LogP contribution in [0.4, 0.5) is 15.8 Å². The van der Waals surface area contributed by atoms with Crippen LogP contribution in [0.1, 0.15) is 25.7 Å². The number of halogens is 2. The Bertz CT molecular complexity index is 521. The highest BCUT2D eigenvalue weighted by Crippen LogP contribution is 2.30. The first kappa shape index (κ1) is 16.2. The van der Waals surface area contributed by atoms with Crippen LogP contribution < -0.4 is 5.32 Å². The summed E-state index contributed by atoms with van der Waals surface area (Å²) in [4.78, 5) is 12.8. The monoisotopic (exact) mass is 359 g/mol. The number of anilines is 1. The molecule has 0 aromatic heterocycles. The topological polar surface area (TPSA) is 58.4 Å². The Morgan fingerprint density at radius 2 is 2.14 bits per heavy atom. The zero-order valence-corrected chi connectivity index (χ0v) is 13.5. The Labute approximate surface area is 131 Å². The zero-order chi connectivity index (χ0) is 15.4. The van der Waals surface area contributed by atoms with E-state index in [2.05, 4.69) is 33.2 Å². The summed E-state index contributed by atoms with van der Waals surface area (Å²) >= 11 is 2.97. The quantitative estimate of drug-likeness (QED) is 0.620. The molecule has 0 atom stereocenters. The minimum absolute atomic E-state index is 0.0998. The van der Waals surface area contributed by atoms with Gasteiger partial charge in [0.05, 0.1) is 9.40 Å². The van der Waals surface area contributed by atoms with E-state index in [4.69, 9.17) is 0 Å². The number of nitrogens with one attached hydrogen (secondary N) is 1. The molecule has 1 aliphatic rings. The summed E-state index contributed by atoms with van der Waals surface area (Å²) in [5, 5.41) is 14.0. The molecule has 116 valence electrons. The summed E-state index contributed by atoms with van der Waals surface area (Å²) in [7, 11) is 2.06. The van der Waals surface area contributed by atoms with Crippen molar-refractivity contribution in [1.29, 1.82) is 0 Å². The van der Waals surface area contributed by atoms with E-state index < -0.39 is 10.7 Å². The number of nitrogens with zero attached hydrogens (tertiary/aromatic N) is 2. The van der Waals surface area contributed by atoms with Gasteiger partial charge in [0.1, 0.15) is 11.5 Å². The predicted molar refractivity (Wildman–Crippen MR) is 84.1 cm³/mol. The SMILES string of the molecule is CN(CCNc1cc(F)c(Br)cc1[N+](=O)[O-])C1CCCC1. The molecule has 0 aliphatic heterocycles. The molecular weight excluding hydrogens is 341 g/mol. The lowest BCUT2D eigenvalue weighted by Crippen LogP contribution is -2.33. The molecule has 21 heavy (non-hydrogen) atoms. The maximum Gasteiger partial charge on any atom is 0.293 e. The van der Waals surface area contributed by atoms with E-state index in [-0.39, 0.29) is 15.8 Å². The molecule has 0 heterocycles. The van der Waals surface area contributed by atoms with Crippen molar-refractivity contribution < 1.29 is 9.31 Å².